The van der Waals surface area contributed by atoms with Gasteiger partial charge in [-0.1, -0.05) is 30.3 Å². The maximum Gasteiger partial charge on any atom is 0.329 e. The maximum atomic E-state index is 12.1. The van der Waals surface area contributed by atoms with Crippen molar-refractivity contribution < 1.29 is 22.7 Å². The quantitative estimate of drug-likeness (QED) is 0.618. The number of carbonyl (C=O) groups excluding carboxylic acids is 2. The maximum absolute atomic E-state index is 12.1. The zero-order valence-corrected chi connectivity index (χ0v) is 11.5. The van der Waals surface area contributed by atoms with Gasteiger partial charge in [0.05, 0.1) is 12.9 Å². The van der Waals surface area contributed by atoms with E-state index in [1.54, 1.807) is 30.3 Å². The van der Waals surface area contributed by atoms with E-state index in [1.165, 1.54) is 6.08 Å². The van der Waals surface area contributed by atoms with E-state index in [9.17, 15) is 18.0 Å². The lowest BCUT2D eigenvalue weighted by Gasteiger charge is -2.23. The summed E-state index contributed by atoms with van der Waals surface area (Å²) in [5.74, 6) is -2.07. The second kappa shape index (κ2) is 5.46. The van der Waals surface area contributed by atoms with Crippen LogP contribution in [0.4, 0.5) is 0 Å². The Balaban J connectivity index is 2.36. The van der Waals surface area contributed by atoms with Crippen molar-refractivity contribution >= 4 is 27.8 Å². The molecule has 7 heteroatoms. The molecule has 0 spiro atoms. The van der Waals surface area contributed by atoms with Crippen LogP contribution in [-0.2, 0) is 24.2 Å². The second-order valence-corrected chi connectivity index (χ2v) is 6.25. The van der Waals surface area contributed by atoms with Crippen molar-refractivity contribution in [3.05, 3.63) is 40.8 Å². The number of amides is 1. The topological polar surface area (TPSA) is 89.5 Å². The summed E-state index contributed by atoms with van der Waals surface area (Å²) in [5.41, 5.74) is 0.595. The molecular weight excluding hydrogens is 282 g/mol. The van der Waals surface area contributed by atoms with E-state index in [2.05, 4.69) is 10.1 Å². The molecule has 1 fully saturated rings. The van der Waals surface area contributed by atoms with Crippen LogP contribution >= 0.6 is 0 Å². The summed E-state index contributed by atoms with van der Waals surface area (Å²) in [7, 11) is -2.69. The molecule has 0 aromatic heterocycles. The van der Waals surface area contributed by atoms with Gasteiger partial charge in [-0.2, -0.15) is 0 Å². The van der Waals surface area contributed by atoms with Crippen molar-refractivity contribution in [1.29, 1.82) is 0 Å². The number of methoxy groups -OCH3 is 1. The number of ether oxygens (including phenoxy) is 1. The minimum Gasteiger partial charge on any atom is -0.467 e. The molecule has 6 nitrogen and oxygen atoms in total. The Kier molecular flexibility index (Phi) is 3.89. The standard InChI is InChI=1S/C13H13NO5S/c1-19-13(16)10-8-20(17,18)11(12(15)14-10)7-9-5-3-2-4-6-9/h2-7,10H,8H2,1H3,(H,14,15)/b11-7-. The Morgan fingerprint density at radius 3 is 2.55 bits per heavy atom. The average Bonchev–Trinajstić information content (AvgIpc) is 2.42. The number of carbonyl (C=O) groups is 2. The van der Waals surface area contributed by atoms with Crippen LogP contribution in [0.5, 0.6) is 0 Å². The minimum absolute atomic E-state index is 0.344. The number of nitrogens with one attached hydrogen (secondary N) is 1. The van der Waals surface area contributed by atoms with Crippen LogP contribution < -0.4 is 5.32 Å². The van der Waals surface area contributed by atoms with Crippen LogP contribution in [0, 0.1) is 0 Å². The summed E-state index contributed by atoms with van der Waals surface area (Å²) in [5, 5.41) is 2.33. The highest BCUT2D eigenvalue weighted by atomic mass is 32.2. The third-order valence-electron chi connectivity index (χ3n) is 2.83. The fraction of sp³-hybridized carbons (Fsp3) is 0.231. The first kappa shape index (κ1) is 14.3. The van der Waals surface area contributed by atoms with Gasteiger partial charge in [0.2, 0.25) is 0 Å². The molecule has 0 radical (unpaired) electrons. The smallest absolute Gasteiger partial charge is 0.329 e. The lowest BCUT2D eigenvalue weighted by atomic mass is 10.2. The fourth-order valence-corrected chi connectivity index (χ4v) is 3.34. The molecule has 1 atom stereocenters. The molecule has 106 valence electrons. The monoisotopic (exact) mass is 295 g/mol. The van der Waals surface area contributed by atoms with Crippen molar-refractivity contribution in [2.75, 3.05) is 12.9 Å². The zero-order chi connectivity index (χ0) is 14.8. The van der Waals surface area contributed by atoms with E-state index in [1.807, 2.05) is 0 Å². The Morgan fingerprint density at radius 2 is 2.00 bits per heavy atom. The predicted octanol–water partition coefficient (Wildman–Crippen LogP) is 0.114. The lowest BCUT2D eigenvalue weighted by molar-refractivity contribution is -0.144. The third kappa shape index (κ3) is 2.88. The molecule has 1 N–H and O–H groups in total. The van der Waals surface area contributed by atoms with Gasteiger partial charge in [-0.25, -0.2) is 13.2 Å². The van der Waals surface area contributed by atoms with Crippen molar-refractivity contribution in [3.8, 4) is 0 Å². The molecule has 1 aliphatic rings. The van der Waals surface area contributed by atoms with Crippen LogP contribution in [-0.4, -0.2) is 39.2 Å². The molecule has 1 unspecified atom stereocenters. The van der Waals surface area contributed by atoms with Gasteiger partial charge < -0.3 is 10.1 Å². The van der Waals surface area contributed by atoms with Crippen LogP contribution in [0.25, 0.3) is 6.08 Å². The number of benzene rings is 1. The predicted molar refractivity (Wildman–Crippen MR) is 72.2 cm³/mol. The molecule has 2 rings (SSSR count). The van der Waals surface area contributed by atoms with Gasteiger partial charge in [0, 0.05) is 0 Å². The van der Waals surface area contributed by atoms with Gasteiger partial charge in [0.15, 0.2) is 9.84 Å². The summed E-state index contributed by atoms with van der Waals surface area (Å²) < 4.78 is 28.6. The number of rotatable bonds is 2. The first-order valence-corrected chi connectivity index (χ1v) is 7.47. The summed E-state index contributed by atoms with van der Waals surface area (Å²) in [6, 6.07) is 7.45. The second-order valence-electron chi connectivity index (χ2n) is 4.25. The van der Waals surface area contributed by atoms with Gasteiger partial charge in [-0.05, 0) is 11.6 Å². The normalized spacial score (nSPS) is 23.1. The van der Waals surface area contributed by atoms with Gasteiger partial charge in [-0.15, -0.1) is 0 Å². The van der Waals surface area contributed by atoms with Gasteiger partial charge >= 0.3 is 5.97 Å². The van der Waals surface area contributed by atoms with Crippen molar-refractivity contribution in [1.82, 2.24) is 5.32 Å². The van der Waals surface area contributed by atoms with Crippen molar-refractivity contribution in [3.63, 3.8) is 0 Å². The Labute approximate surface area is 116 Å². The molecule has 20 heavy (non-hydrogen) atoms. The van der Waals surface area contributed by atoms with Crippen LogP contribution in [0.2, 0.25) is 0 Å². The van der Waals surface area contributed by atoms with Gasteiger partial charge in [-0.3, -0.25) is 4.79 Å². The molecular formula is C13H13NO5S. The first-order chi connectivity index (χ1) is 9.44. The summed E-state index contributed by atoms with van der Waals surface area (Å²) in [4.78, 5) is 22.9. The average molecular weight is 295 g/mol. The van der Waals surface area contributed by atoms with E-state index in [-0.39, 0.29) is 4.91 Å². The first-order valence-electron chi connectivity index (χ1n) is 5.82. The zero-order valence-electron chi connectivity index (χ0n) is 10.7. The van der Waals surface area contributed by atoms with E-state index in [0.717, 1.165) is 7.11 Å². The van der Waals surface area contributed by atoms with E-state index in [0.29, 0.717) is 5.56 Å². The van der Waals surface area contributed by atoms with Crippen LogP contribution in [0.3, 0.4) is 0 Å². The molecule has 0 saturated carbocycles. The molecule has 1 aliphatic heterocycles. The highest BCUT2D eigenvalue weighted by Gasteiger charge is 2.39. The number of hydrogen-bond donors (Lipinski definition) is 1. The summed E-state index contributed by atoms with van der Waals surface area (Å²) in [6.45, 7) is 0. The molecule has 1 aromatic rings. The lowest BCUT2D eigenvalue weighted by Crippen LogP contribution is -2.52. The third-order valence-corrected chi connectivity index (χ3v) is 4.58. The molecule has 0 bridgehead atoms. The molecule has 1 saturated heterocycles. The van der Waals surface area contributed by atoms with E-state index >= 15 is 0 Å². The highest BCUT2D eigenvalue weighted by molar-refractivity contribution is 7.96. The number of esters is 1. The number of sulfone groups is 1. The van der Waals surface area contributed by atoms with Crippen LogP contribution in [0.15, 0.2) is 35.2 Å². The van der Waals surface area contributed by atoms with Crippen molar-refractivity contribution in [2.24, 2.45) is 0 Å². The Hall–Kier alpha value is -2.15. The largest absolute Gasteiger partial charge is 0.467 e. The SMILES string of the molecule is COC(=O)C1CS(=O)(=O)/C(=C\c2ccccc2)C(=O)N1. The molecule has 1 heterocycles. The Bertz CT molecular complexity index is 663. The number of hydrogen-bond acceptors (Lipinski definition) is 5. The van der Waals surface area contributed by atoms with E-state index in [4.69, 9.17) is 0 Å². The highest BCUT2D eigenvalue weighted by Crippen LogP contribution is 2.19. The molecule has 1 amide bonds. The minimum atomic E-state index is -3.83. The van der Waals surface area contributed by atoms with Gasteiger partial charge in [0.1, 0.15) is 10.9 Å². The Morgan fingerprint density at radius 1 is 1.35 bits per heavy atom. The summed E-state index contributed by atoms with van der Waals surface area (Å²) in [6.07, 6.45) is 1.29. The van der Waals surface area contributed by atoms with Crippen molar-refractivity contribution in [2.45, 2.75) is 6.04 Å². The summed E-state index contributed by atoms with van der Waals surface area (Å²) >= 11 is 0. The molecule has 0 aliphatic carbocycles. The van der Waals surface area contributed by atoms with Crippen LogP contribution in [0.1, 0.15) is 5.56 Å². The molecule has 1 aromatic carbocycles. The van der Waals surface area contributed by atoms with Gasteiger partial charge in [0.25, 0.3) is 5.91 Å². The van der Waals surface area contributed by atoms with E-state index < -0.39 is 33.5 Å². The fourth-order valence-electron chi connectivity index (χ4n) is 1.85.